The first-order valence-corrected chi connectivity index (χ1v) is 11.5. The fraction of sp³-hybridized carbons (Fsp3) is 0.458. The fourth-order valence-electron chi connectivity index (χ4n) is 2.64. The predicted octanol–water partition coefficient (Wildman–Crippen LogP) is -6.19. The second kappa shape index (κ2) is 20.5. The lowest BCUT2D eigenvalue weighted by Crippen LogP contribution is -2.58. The Balaban J connectivity index is 0. The first-order chi connectivity index (χ1) is 19.1. The Morgan fingerprint density at radius 2 is 1.14 bits per heavy atom. The summed E-state index contributed by atoms with van der Waals surface area (Å²) in [5.74, 6) is -1.63. The summed E-state index contributed by atoms with van der Waals surface area (Å²) in [6.45, 7) is -1.37. The molecule has 0 bridgehead atoms. The van der Waals surface area contributed by atoms with Gasteiger partial charge >= 0.3 is 5.97 Å². The van der Waals surface area contributed by atoms with Crippen molar-refractivity contribution in [1.29, 1.82) is 0 Å². The molecule has 1 aromatic rings. The molecule has 3 rings (SSSR count). The van der Waals surface area contributed by atoms with Gasteiger partial charge in [-0.15, -0.1) is 0 Å². The van der Waals surface area contributed by atoms with Crippen LogP contribution in [-0.4, -0.2) is 158 Å². The summed E-state index contributed by atoms with van der Waals surface area (Å²) in [7, 11) is 0. The van der Waals surface area contributed by atoms with Gasteiger partial charge in [-0.1, -0.05) is 0 Å². The van der Waals surface area contributed by atoms with Crippen LogP contribution in [0, 0.1) is 0 Å². The molecule has 0 unspecified atom stereocenters. The highest BCUT2D eigenvalue weighted by molar-refractivity contribution is 6.14. The SMILES string of the molecule is O.O=C(O)[C@H](O)[C@@H](O)[C@H](O)[C@H](O)CO.O=C1C=CC(=O)C=C1.OC[C@H]1O[C@@H](O)[C@H](O)[C@@H](O)[C@@H]1O.Oc1ccc(O)cc1. The van der Waals surface area contributed by atoms with E-state index in [1.165, 1.54) is 48.6 Å². The number of phenols is 2. The van der Waals surface area contributed by atoms with Crippen molar-refractivity contribution in [2.24, 2.45) is 0 Å². The maximum Gasteiger partial charge on any atom is 0.335 e. The Morgan fingerprint density at radius 1 is 0.738 bits per heavy atom. The minimum atomic E-state index is -2.20. The van der Waals surface area contributed by atoms with E-state index in [1.54, 1.807) is 0 Å². The normalized spacial score (nSPS) is 25.4. The van der Waals surface area contributed by atoms with E-state index in [9.17, 15) is 14.4 Å². The lowest BCUT2D eigenvalue weighted by atomic mass is 10.00. The third kappa shape index (κ3) is 14.5. The number of phenolic OH excluding ortho intramolecular Hbond substituents is 2. The summed E-state index contributed by atoms with van der Waals surface area (Å²) in [5, 5.41) is 114. The number of aliphatic hydroxyl groups is 10. The third-order valence-electron chi connectivity index (χ3n) is 5.05. The van der Waals surface area contributed by atoms with Gasteiger partial charge in [0.2, 0.25) is 0 Å². The minimum absolute atomic E-state index is 0. The summed E-state index contributed by atoms with van der Waals surface area (Å²) < 4.78 is 4.58. The zero-order chi connectivity index (χ0) is 31.9. The number of allylic oxidation sites excluding steroid dienone is 4. The number of carbonyl (C=O) groups excluding carboxylic acids is 2. The van der Waals surface area contributed by atoms with Crippen molar-refractivity contribution in [3.63, 3.8) is 0 Å². The molecule has 0 amide bonds. The van der Waals surface area contributed by atoms with Gasteiger partial charge in [-0.25, -0.2) is 4.79 Å². The zero-order valence-electron chi connectivity index (χ0n) is 21.7. The second-order valence-corrected chi connectivity index (χ2v) is 8.22. The van der Waals surface area contributed by atoms with E-state index in [1.807, 2.05) is 0 Å². The largest absolute Gasteiger partial charge is 0.508 e. The van der Waals surface area contributed by atoms with Gasteiger partial charge in [-0.3, -0.25) is 9.59 Å². The lowest BCUT2D eigenvalue weighted by Gasteiger charge is -2.37. The number of aromatic hydroxyl groups is 2. The number of aliphatic hydroxyl groups excluding tert-OH is 10. The zero-order valence-corrected chi connectivity index (χ0v) is 21.7. The molecule has 1 heterocycles. The van der Waals surface area contributed by atoms with Crippen molar-refractivity contribution in [1.82, 2.24) is 0 Å². The van der Waals surface area contributed by atoms with E-state index in [0.717, 1.165) is 0 Å². The summed E-state index contributed by atoms with van der Waals surface area (Å²) in [6.07, 6.45) is -9.87. The molecule has 42 heavy (non-hydrogen) atoms. The van der Waals surface area contributed by atoms with Gasteiger partial charge in [0.05, 0.1) is 13.2 Å². The third-order valence-corrected chi connectivity index (χ3v) is 5.05. The van der Waals surface area contributed by atoms with Gasteiger partial charge < -0.3 is 76.6 Å². The number of carboxylic acid groups (broad SMARTS) is 1. The molecule has 9 atom stereocenters. The summed E-state index contributed by atoms with van der Waals surface area (Å²) >= 11 is 0. The molecule has 1 aliphatic carbocycles. The molecule has 1 aliphatic heterocycles. The predicted molar refractivity (Wildman–Crippen MR) is 136 cm³/mol. The molecule has 240 valence electrons. The second-order valence-electron chi connectivity index (χ2n) is 8.22. The van der Waals surface area contributed by atoms with Crippen LogP contribution in [0.15, 0.2) is 48.6 Å². The van der Waals surface area contributed by atoms with Gasteiger partial charge in [-0.05, 0) is 48.6 Å². The number of carbonyl (C=O) groups is 3. The first kappa shape index (κ1) is 40.8. The Labute approximate surface area is 237 Å². The van der Waals surface area contributed by atoms with Crippen molar-refractivity contribution in [2.45, 2.75) is 55.1 Å². The molecule has 1 saturated heterocycles. The Kier molecular flexibility index (Phi) is 19.9. The highest BCUT2D eigenvalue weighted by Crippen LogP contribution is 2.19. The van der Waals surface area contributed by atoms with Crippen LogP contribution in [0.1, 0.15) is 0 Å². The van der Waals surface area contributed by atoms with E-state index in [2.05, 4.69) is 4.74 Å². The highest BCUT2D eigenvalue weighted by Gasteiger charge is 2.42. The topological polar surface area (TPSA) is 355 Å². The van der Waals surface area contributed by atoms with Crippen LogP contribution in [0.3, 0.4) is 0 Å². The van der Waals surface area contributed by atoms with Crippen LogP contribution in [-0.2, 0) is 19.1 Å². The average Bonchev–Trinajstić information content (AvgIpc) is 2.96. The molecule has 1 fully saturated rings. The standard InChI is InChI=1S/C6H12O7.C6H12O6.C6H6O2.C6H4O2.H2O/c7-1-2(8)3(9)4(10)5(11)6(12)13;7-1-2-3(8)4(9)5(10)6(11)12-2;2*7-5-1-2-6(8)4-3-5;/h2-5,7-11H,1H2,(H,12,13);2-11H,1H2;1-4,7-8H;1-4H;1H2/t2-,3-,4+,5-;2-,3-,4+,5-,6-;;;/m11.../s1. The summed E-state index contributed by atoms with van der Waals surface area (Å²) in [4.78, 5) is 30.7. The average molecular weight is 613 g/mol. The maximum atomic E-state index is 10.3. The number of benzene rings is 1. The molecular formula is C24H36O18. The number of carboxylic acids is 1. The van der Waals surface area contributed by atoms with Crippen molar-refractivity contribution in [2.75, 3.05) is 13.2 Å². The molecule has 18 nitrogen and oxygen atoms in total. The maximum absolute atomic E-state index is 10.3. The van der Waals surface area contributed by atoms with Crippen LogP contribution < -0.4 is 0 Å². The van der Waals surface area contributed by atoms with E-state index in [-0.39, 0.29) is 28.5 Å². The summed E-state index contributed by atoms with van der Waals surface area (Å²) in [6, 6.07) is 5.70. The van der Waals surface area contributed by atoms with Crippen LogP contribution in [0.4, 0.5) is 0 Å². The molecule has 2 aliphatic rings. The Hall–Kier alpha value is -3.37. The van der Waals surface area contributed by atoms with Crippen molar-refractivity contribution in [3.8, 4) is 11.5 Å². The highest BCUT2D eigenvalue weighted by atomic mass is 16.6. The number of ketones is 2. The molecule has 0 radical (unpaired) electrons. The number of aliphatic carboxylic acids is 1. The number of ether oxygens (including phenoxy) is 1. The smallest absolute Gasteiger partial charge is 0.335 e. The van der Waals surface area contributed by atoms with E-state index < -0.39 is 74.3 Å². The first-order valence-electron chi connectivity index (χ1n) is 11.5. The number of rotatable bonds is 6. The number of hydrogen-bond acceptors (Lipinski definition) is 16. The molecule has 0 aromatic heterocycles. The Bertz CT molecular complexity index is 932. The quantitative estimate of drug-likeness (QED) is 0.105. The van der Waals surface area contributed by atoms with Crippen LogP contribution in [0.2, 0.25) is 0 Å². The molecular weight excluding hydrogens is 576 g/mol. The number of hydrogen-bond donors (Lipinski definition) is 13. The molecule has 0 saturated carbocycles. The van der Waals surface area contributed by atoms with Crippen LogP contribution >= 0.6 is 0 Å². The van der Waals surface area contributed by atoms with Gasteiger partial charge in [0.15, 0.2) is 24.0 Å². The fourth-order valence-corrected chi connectivity index (χ4v) is 2.64. The van der Waals surface area contributed by atoms with Crippen LogP contribution in [0.5, 0.6) is 11.5 Å². The summed E-state index contributed by atoms with van der Waals surface area (Å²) in [5.41, 5.74) is 0. The molecule has 0 spiro atoms. The minimum Gasteiger partial charge on any atom is -0.508 e. The van der Waals surface area contributed by atoms with E-state index >= 15 is 0 Å². The van der Waals surface area contributed by atoms with Gasteiger partial charge in [0, 0.05) is 0 Å². The van der Waals surface area contributed by atoms with Gasteiger partial charge in [-0.2, -0.15) is 0 Å². The Morgan fingerprint density at radius 3 is 1.48 bits per heavy atom. The molecule has 18 heteroatoms. The van der Waals surface area contributed by atoms with Crippen molar-refractivity contribution in [3.05, 3.63) is 48.6 Å². The lowest BCUT2D eigenvalue weighted by molar-refractivity contribution is -0.286. The van der Waals surface area contributed by atoms with Gasteiger partial charge in [0.25, 0.3) is 0 Å². The molecule has 1 aromatic carbocycles. The molecule has 15 N–H and O–H groups in total. The van der Waals surface area contributed by atoms with E-state index in [4.69, 9.17) is 66.4 Å². The van der Waals surface area contributed by atoms with Crippen molar-refractivity contribution < 1.29 is 91.0 Å². The van der Waals surface area contributed by atoms with E-state index in [0.29, 0.717) is 0 Å². The van der Waals surface area contributed by atoms with Gasteiger partial charge in [0.1, 0.15) is 54.2 Å². The van der Waals surface area contributed by atoms with Crippen molar-refractivity contribution >= 4 is 17.5 Å². The monoisotopic (exact) mass is 612 g/mol. The van der Waals surface area contributed by atoms with Crippen LogP contribution in [0.25, 0.3) is 0 Å².